The zero-order chi connectivity index (χ0) is 24.1. The highest BCUT2D eigenvalue weighted by molar-refractivity contribution is 5.77. The van der Waals surface area contributed by atoms with Gasteiger partial charge in [0.25, 0.3) is 0 Å². The van der Waals surface area contributed by atoms with Crippen molar-refractivity contribution >= 4 is 5.91 Å². The van der Waals surface area contributed by atoms with Gasteiger partial charge >= 0.3 is 6.18 Å². The minimum atomic E-state index is -4.38. The number of carbonyl (C=O) groups excluding carboxylic acids is 1. The molecule has 4 aromatic rings. The zero-order valence-electron chi connectivity index (χ0n) is 18.5. The fourth-order valence-corrected chi connectivity index (χ4v) is 3.67. The van der Waals surface area contributed by atoms with Gasteiger partial charge in [0.1, 0.15) is 0 Å². The summed E-state index contributed by atoms with van der Waals surface area (Å²) < 4.78 is 40.1. The van der Waals surface area contributed by atoms with Gasteiger partial charge in [0, 0.05) is 42.7 Å². The highest BCUT2D eigenvalue weighted by Gasteiger charge is 2.30. The van der Waals surface area contributed by atoms with E-state index in [0.717, 1.165) is 34.6 Å². The maximum atomic E-state index is 12.8. The zero-order valence-corrected chi connectivity index (χ0v) is 18.5. The SMILES string of the molecule is CC(CC(=O)NCc1cn(-c2ccccc2)nc1-c1ccncc1)c1ccc(C(F)(F)F)cc1. The van der Waals surface area contributed by atoms with Crippen LogP contribution in [-0.2, 0) is 17.5 Å². The van der Waals surface area contributed by atoms with Crippen LogP contribution >= 0.6 is 0 Å². The van der Waals surface area contributed by atoms with Crippen molar-refractivity contribution in [3.8, 4) is 16.9 Å². The summed E-state index contributed by atoms with van der Waals surface area (Å²) in [5, 5.41) is 7.63. The normalized spacial score (nSPS) is 12.4. The lowest BCUT2D eigenvalue weighted by Crippen LogP contribution is -2.24. The predicted octanol–water partition coefficient (Wildman–Crippen LogP) is 5.76. The third kappa shape index (κ3) is 5.51. The largest absolute Gasteiger partial charge is 0.416 e. The summed E-state index contributed by atoms with van der Waals surface area (Å²) in [5.41, 5.74) is 3.33. The van der Waals surface area contributed by atoms with Crippen molar-refractivity contribution in [3.05, 3.63) is 102 Å². The molecule has 0 fully saturated rings. The maximum Gasteiger partial charge on any atom is 0.416 e. The van der Waals surface area contributed by atoms with Crippen molar-refractivity contribution in [2.24, 2.45) is 0 Å². The number of amides is 1. The van der Waals surface area contributed by atoms with E-state index in [1.54, 1.807) is 17.1 Å². The number of para-hydroxylation sites is 1. The summed E-state index contributed by atoms with van der Waals surface area (Å²) >= 11 is 0. The van der Waals surface area contributed by atoms with E-state index in [0.29, 0.717) is 5.56 Å². The molecule has 2 aromatic heterocycles. The number of halogens is 3. The Morgan fingerprint density at radius 1 is 1.00 bits per heavy atom. The summed E-state index contributed by atoms with van der Waals surface area (Å²) in [6, 6.07) is 18.3. The fourth-order valence-electron chi connectivity index (χ4n) is 3.67. The second kappa shape index (κ2) is 9.91. The Bertz CT molecular complexity index is 1240. The molecule has 0 saturated heterocycles. The second-order valence-corrected chi connectivity index (χ2v) is 8.02. The molecule has 0 aliphatic rings. The third-order valence-corrected chi connectivity index (χ3v) is 5.54. The first kappa shape index (κ1) is 23.2. The number of hydrogen-bond acceptors (Lipinski definition) is 3. The van der Waals surface area contributed by atoms with Crippen LogP contribution in [0.3, 0.4) is 0 Å². The minimum absolute atomic E-state index is 0.156. The van der Waals surface area contributed by atoms with Gasteiger partial charge in [-0.2, -0.15) is 18.3 Å². The number of alkyl halides is 3. The molecule has 1 amide bonds. The number of carbonyl (C=O) groups is 1. The molecule has 174 valence electrons. The molecule has 5 nitrogen and oxygen atoms in total. The number of rotatable bonds is 7. The summed E-state index contributed by atoms with van der Waals surface area (Å²) in [5.74, 6) is -0.422. The van der Waals surface area contributed by atoms with Crippen LogP contribution in [0.5, 0.6) is 0 Å². The Balaban J connectivity index is 1.46. The number of pyridine rings is 1. The van der Waals surface area contributed by atoms with Gasteiger partial charge in [-0.05, 0) is 47.9 Å². The van der Waals surface area contributed by atoms with E-state index in [9.17, 15) is 18.0 Å². The van der Waals surface area contributed by atoms with Crippen molar-refractivity contribution in [1.82, 2.24) is 20.1 Å². The van der Waals surface area contributed by atoms with E-state index < -0.39 is 11.7 Å². The van der Waals surface area contributed by atoms with Crippen LogP contribution in [0.2, 0.25) is 0 Å². The number of nitrogens with one attached hydrogen (secondary N) is 1. The van der Waals surface area contributed by atoms with Crippen LogP contribution in [0.1, 0.15) is 36.0 Å². The van der Waals surface area contributed by atoms with E-state index in [-0.39, 0.29) is 24.8 Å². The summed E-state index contributed by atoms with van der Waals surface area (Å²) in [6.45, 7) is 2.08. The van der Waals surface area contributed by atoms with Crippen LogP contribution in [-0.4, -0.2) is 20.7 Å². The van der Waals surface area contributed by atoms with Crippen molar-refractivity contribution in [2.45, 2.75) is 32.0 Å². The van der Waals surface area contributed by atoms with E-state index in [4.69, 9.17) is 5.10 Å². The van der Waals surface area contributed by atoms with Gasteiger partial charge in [-0.15, -0.1) is 0 Å². The molecular formula is C26H23F3N4O. The van der Waals surface area contributed by atoms with Crippen LogP contribution in [0, 0.1) is 0 Å². The van der Waals surface area contributed by atoms with Crippen LogP contribution in [0.15, 0.2) is 85.3 Å². The lowest BCUT2D eigenvalue weighted by molar-refractivity contribution is -0.137. The Morgan fingerprint density at radius 2 is 1.68 bits per heavy atom. The fraction of sp³-hybridized carbons (Fsp3) is 0.192. The maximum absolute atomic E-state index is 12.8. The van der Waals surface area contributed by atoms with Gasteiger partial charge in [-0.1, -0.05) is 37.3 Å². The summed E-state index contributed by atoms with van der Waals surface area (Å²) in [7, 11) is 0. The molecular weight excluding hydrogens is 441 g/mol. The van der Waals surface area contributed by atoms with Crippen molar-refractivity contribution in [2.75, 3.05) is 0 Å². The molecule has 1 N–H and O–H groups in total. The molecule has 0 spiro atoms. The standard InChI is InChI=1S/C26H23F3N4O/c1-18(19-7-9-22(10-8-19)26(27,28)29)15-24(34)31-16-21-17-33(23-5-3-2-4-6-23)32-25(21)20-11-13-30-14-12-20/h2-14,17-18H,15-16H2,1H3,(H,31,34). The third-order valence-electron chi connectivity index (χ3n) is 5.54. The Morgan fingerprint density at radius 3 is 2.32 bits per heavy atom. The van der Waals surface area contributed by atoms with Gasteiger partial charge in [-0.3, -0.25) is 9.78 Å². The molecule has 1 unspecified atom stereocenters. The monoisotopic (exact) mass is 464 g/mol. The highest BCUT2D eigenvalue weighted by Crippen LogP contribution is 2.30. The van der Waals surface area contributed by atoms with Gasteiger partial charge in [-0.25, -0.2) is 4.68 Å². The van der Waals surface area contributed by atoms with Crippen molar-refractivity contribution in [3.63, 3.8) is 0 Å². The molecule has 0 aliphatic carbocycles. The Kier molecular flexibility index (Phi) is 6.77. The average Bonchev–Trinajstić information content (AvgIpc) is 3.28. The molecule has 0 bridgehead atoms. The highest BCUT2D eigenvalue weighted by atomic mass is 19.4. The first-order chi connectivity index (χ1) is 16.3. The quantitative estimate of drug-likeness (QED) is 0.378. The Hall–Kier alpha value is -3.94. The van der Waals surface area contributed by atoms with Crippen LogP contribution < -0.4 is 5.32 Å². The lowest BCUT2D eigenvalue weighted by Gasteiger charge is -2.13. The second-order valence-electron chi connectivity index (χ2n) is 8.02. The molecule has 2 heterocycles. The molecule has 1 atom stereocenters. The molecule has 8 heteroatoms. The average molecular weight is 464 g/mol. The smallest absolute Gasteiger partial charge is 0.352 e. The van der Waals surface area contributed by atoms with E-state index in [2.05, 4.69) is 10.3 Å². The molecule has 34 heavy (non-hydrogen) atoms. The van der Waals surface area contributed by atoms with Crippen molar-refractivity contribution in [1.29, 1.82) is 0 Å². The first-order valence-electron chi connectivity index (χ1n) is 10.8. The number of benzene rings is 2. The minimum Gasteiger partial charge on any atom is -0.352 e. The van der Waals surface area contributed by atoms with E-state index >= 15 is 0 Å². The molecule has 0 saturated carbocycles. The van der Waals surface area contributed by atoms with Gasteiger partial charge < -0.3 is 5.32 Å². The summed E-state index contributed by atoms with van der Waals surface area (Å²) in [6.07, 6.45) is 1.03. The van der Waals surface area contributed by atoms with E-state index in [1.165, 1.54) is 12.1 Å². The molecule has 4 rings (SSSR count). The molecule has 0 radical (unpaired) electrons. The number of nitrogens with zero attached hydrogens (tertiary/aromatic N) is 3. The van der Waals surface area contributed by atoms with Crippen LogP contribution in [0.25, 0.3) is 16.9 Å². The topological polar surface area (TPSA) is 59.8 Å². The van der Waals surface area contributed by atoms with Gasteiger partial charge in [0.15, 0.2) is 0 Å². The molecule has 0 aliphatic heterocycles. The van der Waals surface area contributed by atoms with Gasteiger partial charge in [0.05, 0.1) is 16.9 Å². The van der Waals surface area contributed by atoms with E-state index in [1.807, 2.05) is 55.6 Å². The number of aromatic nitrogens is 3. The van der Waals surface area contributed by atoms with Crippen LogP contribution in [0.4, 0.5) is 13.2 Å². The number of hydrogen-bond donors (Lipinski definition) is 1. The lowest BCUT2D eigenvalue weighted by atomic mass is 9.96. The van der Waals surface area contributed by atoms with Crippen molar-refractivity contribution < 1.29 is 18.0 Å². The van der Waals surface area contributed by atoms with Gasteiger partial charge in [0.2, 0.25) is 5.91 Å². The molecule has 2 aromatic carbocycles. The Labute approximate surface area is 195 Å². The summed E-state index contributed by atoms with van der Waals surface area (Å²) in [4.78, 5) is 16.7. The predicted molar refractivity (Wildman–Crippen MR) is 123 cm³/mol. The first-order valence-corrected chi connectivity index (χ1v) is 10.8.